The molecule has 2 saturated heterocycles. The summed E-state index contributed by atoms with van der Waals surface area (Å²) in [4.78, 5) is 48.6. The fourth-order valence-electron chi connectivity index (χ4n) is 7.33. The summed E-state index contributed by atoms with van der Waals surface area (Å²) in [6.45, 7) is 0.545. The summed E-state index contributed by atoms with van der Waals surface area (Å²) in [5.74, 6) is -2.81. The molecule has 0 radical (unpaired) electrons. The summed E-state index contributed by atoms with van der Waals surface area (Å²) >= 11 is 6.57. The number of aliphatic hydroxyl groups excluding tert-OH is 1. The predicted molar refractivity (Wildman–Crippen MR) is 165 cm³/mol. The standard InChI is InChI=1S/C35H32ClN3O5/c36-25-15-7-8-16-26(25)38-20-10-18-35-30(33(42)39(31(35)34(38)43)27(22-40)24-13-5-2-6-14-24)29-28(44-35)17-9-19-37(32(29)41)21-23-11-3-1-4-12-23/h1-18,27-31,40H,19-22H2/t27-,28-,29+,30+,31?,35+/m1/s1. The number of hydrogen-bond donors (Lipinski definition) is 1. The number of carbonyl (C=O) groups is 3. The zero-order valence-corrected chi connectivity index (χ0v) is 24.7. The zero-order valence-electron chi connectivity index (χ0n) is 23.9. The van der Waals surface area contributed by atoms with Crippen LogP contribution in [0.2, 0.25) is 5.02 Å². The molecule has 0 bridgehead atoms. The molecule has 1 unspecified atom stereocenters. The number of benzene rings is 3. The van der Waals surface area contributed by atoms with E-state index in [1.54, 1.807) is 40.1 Å². The van der Waals surface area contributed by atoms with Gasteiger partial charge in [0, 0.05) is 19.6 Å². The van der Waals surface area contributed by atoms with Gasteiger partial charge in [0.25, 0.3) is 5.91 Å². The first kappa shape index (κ1) is 28.5. The molecule has 3 aromatic rings. The summed E-state index contributed by atoms with van der Waals surface area (Å²) in [7, 11) is 0. The molecule has 0 aromatic heterocycles. The van der Waals surface area contributed by atoms with Crippen molar-refractivity contribution in [3.8, 4) is 0 Å². The minimum absolute atomic E-state index is 0.201. The van der Waals surface area contributed by atoms with Gasteiger partial charge in [-0.2, -0.15) is 0 Å². The van der Waals surface area contributed by atoms with Crippen molar-refractivity contribution in [2.45, 2.75) is 30.3 Å². The number of para-hydroxylation sites is 1. The third-order valence-corrected chi connectivity index (χ3v) is 9.55. The Kier molecular flexibility index (Phi) is 7.36. The molecule has 1 N–H and O–H groups in total. The van der Waals surface area contributed by atoms with Crippen molar-refractivity contribution in [3.63, 3.8) is 0 Å². The van der Waals surface area contributed by atoms with E-state index in [-0.39, 0.29) is 18.4 Å². The lowest BCUT2D eigenvalue weighted by atomic mass is 9.77. The number of carbonyl (C=O) groups excluding carboxylic acids is 3. The molecule has 3 aromatic carbocycles. The molecule has 0 saturated carbocycles. The highest BCUT2D eigenvalue weighted by molar-refractivity contribution is 6.34. The molecular weight excluding hydrogens is 578 g/mol. The molecule has 4 aliphatic rings. The van der Waals surface area contributed by atoms with E-state index in [1.807, 2.05) is 78.9 Å². The Labute approximate surface area is 260 Å². The number of hydrogen-bond acceptors (Lipinski definition) is 5. The normalized spacial score (nSPS) is 28.4. The van der Waals surface area contributed by atoms with Gasteiger partial charge >= 0.3 is 0 Å². The summed E-state index contributed by atoms with van der Waals surface area (Å²) in [6, 6.07) is 23.9. The number of halogens is 1. The summed E-state index contributed by atoms with van der Waals surface area (Å²) in [5, 5.41) is 11.1. The van der Waals surface area contributed by atoms with Crippen molar-refractivity contribution in [1.82, 2.24) is 9.80 Å². The third-order valence-electron chi connectivity index (χ3n) is 9.23. The van der Waals surface area contributed by atoms with E-state index >= 15 is 0 Å². The predicted octanol–water partition coefficient (Wildman–Crippen LogP) is 4.16. The quantitative estimate of drug-likeness (QED) is 0.424. The summed E-state index contributed by atoms with van der Waals surface area (Å²) in [5.41, 5.74) is 0.729. The van der Waals surface area contributed by atoms with Crippen LogP contribution in [0.1, 0.15) is 17.2 Å². The highest BCUT2D eigenvalue weighted by atomic mass is 35.5. The van der Waals surface area contributed by atoms with Crippen LogP contribution in [-0.2, 0) is 25.7 Å². The average Bonchev–Trinajstić information content (AvgIpc) is 3.36. The maximum absolute atomic E-state index is 14.8. The second-order valence-electron chi connectivity index (χ2n) is 11.6. The largest absolute Gasteiger partial charge is 0.394 e. The first-order valence-electron chi connectivity index (χ1n) is 14.8. The van der Waals surface area contributed by atoms with Crippen molar-refractivity contribution in [3.05, 3.63) is 125 Å². The molecule has 4 heterocycles. The molecule has 1 spiro atoms. The van der Waals surface area contributed by atoms with E-state index in [0.29, 0.717) is 29.4 Å². The molecule has 224 valence electrons. The van der Waals surface area contributed by atoms with Crippen LogP contribution in [0.25, 0.3) is 0 Å². The summed E-state index contributed by atoms with van der Waals surface area (Å²) < 4.78 is 6.78. The maximum Gasteiger partial charge on any atom is 0.253 e. The van der Waals surface area contributed by atoms with Crippen molar-refractivity contribution in [2.24, 2.45) is 11.8 Å². The van der Waals surface area contributed by atoms with E-state index in [2.05, 4.69) is 0 Å². The molecule has 0 aliphatic carbocycles. The van der Waals surface area contributed by atoms with Gasteiger partial charge in [-0.1, -0.05) is 109 Å². The van der Waals surface area contributed by atoms with Crippen LogP contribution in [-0.4, -0.2) is 70.1 Å². The molecule has 3 amide bonds. The number of ether oxygens (including phenoxy) is 1. The second-order valence-corrected chi connectivity index (χ2v) is 12.0. The van der Waals surface area contributed by atoms with Crippen LogP contribution in [0.15, 0.2) is 109 Å². The number of aliphatic hydroxyl groups is 1. The summed E-state index contributed by atoms with van der Waals surface area (Å²) in [6.07, 6.45) is 6.67. The zero-order chi connectivity index (χ0) is 30.4. The molecule has 9 heteroatoms. The van der Waals surface area contributed by atoms with Crippen LogP contribution in [0, 0.1) is 11.8 Å². The smallest absolute Gasteiger partial charge is 0.253 e. The number of amides is 3. The molecule has 44 heavy (non-hydrogen) atoms. The average molecular weight is 610 g/mol. The van der Waals surface area contributed by atoms with Gasteiger partial charge < -0.3 is 24.5 Å². The monoisotopic (exact) mass is 609 g/mol. The lowest BCUT2D eigenvalue weighted by molar-refractivity contribution is -0.147. The van der Waals surface area contributed by atoms with Crippen molar-refractivity contribution in [1.29, 1.82) is 0 Å². The second kappa shape index (κ2) is 11.4. The molecular formula is C35H32ClN3O5. The Hall–Kier alpha value is -4.24. The van der Waals surface area contributed by atoms with Crippen LogP contribution >= 0.6 is 11.6 Å². The van der Waals surface area contributed by atoms with E-state index < -0.39 is 48.1 Å². The molecule has 7 rings (SSSR count). The van der Waals surface area contributed by atoms with Gasteiger partial charge in [-0.25, -0.2) is 0 Å². The first-order chi connectivity index (χ1) is 21.4. The first-order valence-corrected chi connectivity index (χ1v) is 15.2. The van der Waals surface area contributed by atoms with E-state index in [0.717, 1.165) is 5.56 Å². The van der Waals surface area contributed by atoms with Crippen LogP contribution in [0.5, 0.6) is 0 Å². The highest BCUT2D eigenvalue weighted by Gasteiger charge is 2.72. The number of fused-ring (bicyclic) bond motifs is 2. The van der Waals surface area contributed by atoms with Gasteiger partial charge in [0.1, 0.15) is 11.6 Å². The molecule has 2 fully saturated rings. The van der Waals surface area contributed by atoms with Gasteiger partial charge in [-0.05, 0) is 23.3 Å². The van der Waals surface area contributed by atoms with Crippen molar-refractivity contribution >= 4 is 35.0 Å². The van der Waals surface area contributed by atoms with E-state index in [4.69, 9.17) is 16.3 Å². The lowest BCUT2D eigenvalue weighted by Crippen LogP contribution is -2.56. The van der Waals surface area contributed by atoms with E-state index in [1.165, 1.54) is 4.90 Å². The Morgan fingerprint density at radius 2 is 1.57 bits per heavy atom. The Balaban J connectivity index is 1.35. The van der Waals surface area contributed by atoms with Crippen LogP contribution in [0.4, 0.5) is 5.69 Å². The molecule has 8 nitrogen and oxygen atoms in total. The van der Waals surface area contributed by atoms with Gasteiger partial charge in [0.2, 0.25) is 11.8 Å². The minimum atomic E-state index is -1.43. The van der Waals surface area contributed by atoms with Gasteiger partial charge in [0.15, 0.2) is 0 Å². The lowest BCUT2D eigenvalue weighted by Gasteiger charge is -2.38. The fraction of sp³-hybridized carbons (Fsp3) is 0.286. The minimum Gasteiger partial charge on any atom is -0.394 e. The topological polar surface area (TPSA) is 90.4 Å². The number of anilines is 1. The van der Waals surface area contributed by atoms with Gasteiger partial charge in [0.05, 0.1) is 41.3 Å². The fourth-order valence-corrected chi connectivity index (χ4v) is 7.56. The Morgan fingerprint density at radius 1 is 0.864 bits per heavy atom. The van der Waals surface area contributed by atoms with Crippen LogP contribution in [0.3, 0.4) is 0 Å². The third kappa shape index (κ3) is 4.48. The maximum atomic E-state index is 14.8. The number of rotatable bonds is 6. The molecule has 4 aliphatic heterocycles. The van der Waals surface area contributed by atoms with Gasteiger partial charge in [-0.15, -0.1) is 0 Å². The van der Waals surface area contributed by atoms with Crippen molar-refractivity contribution in [2.75, 3.05) is 24.6 Å². The SMILES string of the molecule is O=C1[C@@H]2[C@H]3C(=O)N([C@H](CO)c4ccccc4)C4C(=O)N(c5ccccc5Cl)CC=C[C@@]43O[C@@H]2C=CCN1Cc1ccccc1. The molecule has 6 atom stereocenters. The highest BCUT2D eigenvalue weighted by Crippen LogP contribution is 2.55. The Morgan fingerprint density at radius 3 is 2.30 bits per heavy atom. The van der Waals surface area contributed by atoms with Gasteiger partial charge in [-0.3, -0.25) is 14.4 Å². The van der Waals surface area contributed by atoms with E-state index in [9.17, 15) is 19.5 Å². The number of likely N-dealkylation sites (tertiary alicyclic amines) is 1. The van der Waals surface area contributed by atoms with Crippen molar-refractivity contribution < 1.29 is 24.2 Å². The van der Waals surface area contributed by atoms with Crippen LogP contribution < -0.4 is 4.90 Å². The Bertz CT molecular complexity index is 1650. The number of nitrogens with zero attached hydrogens (tertiary/aromatic N) is 3.